The monoisotopic (exact) mass is 476 g/mol. The van der Waals surface area contributed by atoms with E-state index in [1.54, 1.807) is 0 Å². The van der Waals surface area contributed by atoms with E-state index in [9.17, 15) is 0 Å². The minimum atomic E-state index is -0.823. The first-order chi connectivity index (χ1) is 9.70. The summed E-state index contributed by atoms with van der Waals surface area (Å²) in [5.74, 6) is 1.81. The molecule has 0 amide bonds. The second-order valence-electron chi connectivity index (χ2n) is 5.29. The number of hydrogen-bond donors (Lipinski definition) is 0. The van der Waals surface area contributed by atoms with Crippen LogP contribution in [0.3, 0.4) is 0 Å². The van der Waals surface area contributed by atoms with Crippen LogP contribution in [0.4, 0.5) is 0 Å². The van der Waals surface area contributed by atoms with Crippen LogP contribution in [0.15, 0.2) is 37.6 Å². The molecular formula is C16H13BrCl2O2Zr. The number of fused-ring (bicyclic) bond motifs is 2. The quantitative estimate of drug-likeness (QED) is 0.509. The van der Waals surface area contributed by atoms with E-state index in [1.807, 2.05) is 0 Å². The first-order valence-corrected chi connectivity index (χ1v) is 10.1. The summed E-state index contributed by atoms with van der Waals surface area (Å²) in [6.45, 7) is 2.16. The molecule has 1 aromatic rings. The molecule has 0 saturated carbocycles. The molecule has 2 aliphatic carbocycles. The summed E-state index contributed by atoms with van der Waals surface area (Å²) in [5, 5.41) is 0. The van der Waals surface area contributed by atoms with Crippen molar-refractivity contribution in [2.24, 2.45) is 0 Å². The van der Waals surface area contributed by atoms with Crippen LogP contribution in [-0.4, -0.2) is 4.00 Å². The van der Waals surface area contributed by atoms with Crippen molar-refractivity contribution >= 4 is 22.0 Å². The molecule has 4 rings (SSSR count). The van der Waals surface area contributed by atoms with E-state index >= 15 is 0 Å². The Labute approximate surface area is 162 Å². The fraction of sp³-hybridized carbons (Fsp3) is 0.250. The Morgan fingerprint density at radius 1 is 1.27 bits per heavy atom. The molecule has 22 heavy (non-hydrogen) atoms. The third kappa shape index (κ3) is 3.26. The number of halogens is 3. The maximum atomic E-state index is 6.07. The number of hydrogen-bond acceptors (Lipinski definition) is 2. The zero-order valence-corrected chi connectivity index (χ0v) is 17.4. The van der Waals surface area contributed by atoms with Gasteiger partial charge in [-0.3, -0.25) is 0 Å². The summed E-state index contributed by atoms with van der Waals surface area (Å²) in [7, 11) is 0. The molecule has 3 aliphatic rings. The largest absolute Gasteiger partial charge is 1.00 e. The summed E-state index contributed by atoms with van der Waals surface area (Å²) in [6.07, 6.45) is 10.9. The predicted octanol–water partition coefficient (Wildman–Crippen LogP) is -1.60. The summed E-state index contributed by atoms with van der Waals surface area (Å²) in [6, 6.07) is 2.16. The minimum Gasteiger partial charge on any atom is -1.00 e. The third-order valence-corrected chi connectivity index (χ3v) is 7.47. The zero-order valence-electron chi connectivity index (χ0n) is 11.8. The Hall–Kier alpha value is -0.0169. The molecule has 0 radical (unpaired) electrons. The van der Waals surface area contributed by atoms with Gasteiger partial charge in [-0.25, -0.2) is 0 Å². The first-order valence-electron chi connectivity index (χ1n) is 6.69. The number of ether oxygens (including phenoxy) is 2. The average Bonchev–Trinajstić information content (AvgIpc) is 3.10. The molecule has 2 nitrogen and oxygen atoms in total. The SMILES string of the molecule is CC1=Cc2c(cc3c(c2Br)O[CH]([Zr+2][C]2=CC=CC2)O3)C1.[Cl-].[Cl-]. The molecule has 1 aliphatic heterocycles. The fourth-order valence-corrected chi connectivity index (χ4v) is 6.13. The van der Waals surface area contributed by atoms with Gasteiger partial charge in [0.1, 0.15) is 0 Å². The van der Waals surface area contributed by atoms with Crippen molar-refractivity contribution < 1.29 is 57.5 Å². The second-order valence-corrected chi connectivity index (χ2v) is 9.53. The standard InChI is InChI=1S/C11H8BrO2.C5H5.2ClH.Zr/c1-6-2-7-4-9-11(14-5-13-9)10(12)8(7)3-6;1-2-4-5-3-1;;;/h3-5H,2H2,1H3;1-3H,4H2;2*1H;/q;;;;+2/p-2. The molecule has 1 heterocycles. The molecule has 1 aromatic carbocycles. The third-order valence-electron chi connectivity index (χ3n) is 3.70. The van der Waals surface area contributed by atoms with Crippen LogP contribution in [0.1, 0.15) is 24.5 Å². The molecule has 0 N–H and O–H groups in total. The molecule has 1 unspecified atom stereocenters. The van der Waals surface area contributed by atoms with Crippen molar-refractivity contribution in [1.82, 2.24) is 0 Å². The summed E-state index contributed by atoms with van der Waals surface area (Å²) in [5.41, 5.74) is 3.99. The molecule has 0 fully saturated rings. The van der Waals surface area contributed by atoms with Gasteiger partial charge in [-0.15, -0.1) is 0 Å². The van der Waals surface area contributed by atoms with Crippen LogP contribution >= 0.6 is 15.9 Å². The summed E-state index contributed by atoms with van der Waals surface area (Å²) < 4.78 is 14.7. The minimum absolute atomic E-state index is 0. The van der Waals surface area contributed by atoms with E-state index in [0.29, 0.717) is 0 Å². The van der Waals surface area contributed by atoms with Crippen LogP contribution in [0.25, 0.3) is 6.08 Å². The molecular weight excluding hydrogens is 466 g/mol. The van der Waals surface area contributed by atoms with Crippen LogP contribution in [-0.2, 0) is 29.7 Å². The maximum absolute atomic E-state index is 6.07. The smallest absolute Gasteiger partial charge is 1.00 e. The van der Waals surface area contributed by atoms with Gasteiger partial charge in [-0.2, -0.15) is 0 Å². The fourth-order valence-electron chi connectivity index (χ4n) is 2.78. The van der Waals surface area contributed by atoms with Crippen molar-refractivity contribution in [1.29, 1.82) is 0 Å². The van der Waals surface area contributed by atoms with Crippen LogP contribution in [0.5, 0.6) is 11.5 Å². The van der Waals surface area contributed by atoms with E-state index in [2.05, 4.69) is 53.2 Å². The van der Waals surface area contributed by atoms with Gasteiger partial charge < -0.3 is 24.8 Å². The Kier molecular flexibility index (Phi) is 6.04. The van der Waals surface area contributed by atoms with Gasteiger partial charge in [0.2, 0.25) is 0 Å². The topological polar surface area (TPSA) is 18.5 Å². The molecule has 0 spiro atoms. The van der Waals surface area contributed by atoms with Gasteiger partial charge in [0.25, 0.3) is 0 Å². The number of allylic oxidation sites excluding steroid dienone is 5. The van der Waals surface area contributed by atoms with Crippen molar-refractivity contribution in [3.8, 4) is 11.5 Å². The number of rotatable bonds is 2. The van der Waals surface area contributed by atoms with Crippen LogP contribution in [0.2, 0.25) is 0 Å². The van der Waals surface area contributed by atoms with E-state index < -0.39 is 23.2 Å². The predicted molar refractivity (Wildman–Crippen MR) is 78.4 cm³/mol. The molecule has 0 bridgehead atoms. The van der Waals surface area contributed by atoms with Gasteiger partial charge in [0.05, 0.1) is 0 Å². The Morgan fingerprint density at radius 3 is 2.82 bits per heavy atom. The molecule has 6 heteroatoms. The summed E-state index contributed by atoms with van der Waals surface area (Å²) in [4.78, 5) is 0. The van der Waals surface area contributed by atoms with Crippen molar-refractivity contribution in [2.45, 2.75) is 23.8 Å². The Morgan fingerprint density at radius 2 is 2.09 bits per heavy atom. The van der Waals surface area contributed by atoms with Gasteiger partial charge in [-0.05, 0) is 0 Å². The second kappa shape index (κ2) is 7.26. The molecule has 0 saturated heterocycles. The van der Waals surface area contributed by atoms with Gasteiger partial charge in [-0.1, -0.05) is 0 Å². The van der Waals surface area contributed by atoms with E-state index in [4.69, 9.17) is 9.47 Å². The van der Waals surface area contributed by atoms with Gasteiger partial charge >= 0.3 is 139 Å². The van der Waals surface area contributed by atoms with Crippen molar-refractivity contribution in [2.75, 3.05) is 0 Å². The Balaban J connectivity index is 0.000000882. The van der Waals surface area contributed by atoms with E-state index in [0.717, 1.165) is 28.8 Å². The average molecular weight is 479 g/mol. The van der Waals surface area contributed by atoms with Crippen molar-refractivity contribution in [3.05, 3.63) is 48.7 Å². The van der Waals surface area contributed by atoms with Crippen LogP contribution < -0.4 is 34.3 Å². The zero-order chi connectivity index (χ0) is 13.7. The Bertz CT molecular complexity index is 698. The van der Waals surface area contributed by atoms with E-state index in [1.165, 1.54) is 20.0 Å². The first kappa shape index (κ1) is 18.3. The number of benzene rings is 1. The normalized spacial score (nSPS) is 19.6. The van der Waals surface area contributed by atoms with Crippen molar-refractivity contribution in [3.63, 3.8) is 0 Å². The van der Waals surface area contributed by atoms with Gasteiger partial charge in [0.15, 0.2) is 0 Å². The summed E-state index contributed by atoms with van der Waals surface area (Å²) >= 11 is 2.87. The van der Waals surface area contributed by atoms with E-state index in [-0.39, 0.29) is 28.8 Å². The molecule has 0 aromatic heterocycles. The van der Waals surface area contributed by atoms with Crippen LogP contribution in [0, 0.1) is 0 Å². The molecule has 114 valence electrons. The van der Waals surface area contributed by atoms with Gasteiger partial charge in [0, 0.05) is 0 Å². The maximum Gasteiger partial charge on any atom is -1.00 e. The molecule has 1 atom stereocenters.